The zero-order valence-corrected chi connectivity index (χ0v) is 18.9. The summed E-state index contributed by atoms with van der Waals surface area (Å²) < 4.78 is 23.6. The van der Waals surface area contributed by atoms with Gasteiger partial charge in [-0.25, -0.2) is 4.39 Å². The molecule has 0 spiro atoms. The number of halogens is 2. The van der Waals surface area contributed by atoms with E-state index >= 15 is 0 Å². The van der Waals surface area contributed by atoms with Crippen LogP contribution in [0.3, 0.4) is 0 Å². The largest absolute Gasteiger partial charge is 0.508 e. The first-order valence-corrected chi connectivity index (χ1v) is 12.1. The van der Waals surface area contributed by atoms with E-state index in [-0.39, 0.29) is 17.4 Å². The topological polar surface area (TPSA) is 61.8 Å². The van der Waals surface area contributed by atoms with Gasteiger partial charge in [0.15, 0.2) is 0 Å². The van der Waals surface area contributed by atoms with Crippen LogP contribution in [0.4, 0.5) is 4.39 Å². The monoisotopic (exact) mass is 464 g/mol. The number of nitrogens with zero attached hydrogens (tertiary/aromatic N) is 1. The quantitative estimate of drug-likeness (QED) is 0.557. The highest BCUT2D eigenvalue weighted by Crippen LogP contribution is 2.45. The van der Waals surface area contributed by atoms with Gasteiger partial charge in [-0.1, -0.05) is 23.5 Å². The predicted octanol–water partition coefficient (Wildman–Crippen LogP) is 5.11. The number of phenols is 1. The predicted molar refractivity (Wildman–Crippen MR) is 121 cm³/mol. The number of aromatic hydroxyl groups is 1. The number of likely N-dealkylation sites (tertiary alicyclic amines) is 1. The molecule has 2 N–H and O–H groups in total. The van der Waals surface area contributed by atoms with Crippen LogP contribution in [-0.2, 0) is 6.54 Å². The van der Waals surface area contributed by atoms with Crippen molar-refractivity contribution >= 4 is 29.5 Å². The smallest absolute Gasteiger partial charge is 0.264 e. The van der Waals surface area contributed by atoms with Gasteiger partial charge in [-0.15, -0.1) is 0 Å². The third-order valence-corrected chi connectivity index (χ3v) is 6.37. The number of amides is 1. The Morgan fingerprint density at radius 1 is 1.32 bits per heavy atom. The second-order valence-corrected chi connectivity index (χ2v) is 9.22. The van der Waals surface area contributed by atoms with Crippen LogP contribution in [0.25, 0.3) is 0 Å². The molecule has 2 fully saturated rings. The Labute approximate surface area is 191 Å². The lowest BCUT2D eigenvalue weighted by atomic mass is 10.0. The van der Waals surface area contributed by atoms with Crippen molar-refractivity contribution in [3.8, 4) is 11.5 Å². The van der Waals surface area contributed by atoms with Gasteiger partial charge in [-0.2, -0.15) is 0 Å². The van der Waals surface area contributed by atoms with Crippen LogP contribution in [-0.4, -0.2) is 41.4 Å². The third-order valence-electron chi connectivity index (χ3n) is 5.75. The van der Waals surface area contributed by atoms with Crippen molar-refractivity contribution in [2.24, 2.45) is 0 Å². The van der Waals surface area contributed by atoms with Gasteiger partial charge in [0.25, 0.3) is 5.91 Å². The number of nitrogens with one attached hydrogen (secondary N) is 1. The van der Waals surface area contributed by atoms with Crippen molar-refractivity contribution < 1.29 is 19.0 Å². The third kappa shape index (κ3) is 5.45. The summed E-state index contributed by atoms with van der Waals surface area (Å²) in [5.41, 5.74) is 1.75. The van der Waals surface area contributed by atoms with Gasteiger partial charge in [0.2, 0.25) is 0 Å². The van der Waals surface area contributed by atoms with E-state index in [1.54, 1.807) is 30.5 Å². The Hall–Kier alpha value is -1.96. The average Bonchev–Trinajstić information content (AvgIpc) is 3.56. The van der Waals surface area contributed by atoms with Gasteiger partial charge in [0.05, 0.1) is 5.56 Å². The first-order chi connectivity index (χ1) is 14.9. The zero-order valence-electron chi connectivity index (χ0n) is 17.4. The van der Waals surface area contributed by atoms with Crippen LogP contribution < -0.4 is 9.46 Å². The van der Waals surface area contributed by atoms with Gasteiger partial charge in [-0.3, -0.25) is 14.4 Å². The molecule has 1 amide bonds. The Morgan fingerprint density at radius 2 is 2.13 bits per heavy atom. The summed E-state index contributed by atoms with van der Waals surface area (Å²) in [5.74, 6) is 0.0911. The highest BCUT2D eigenvalue weighted by atomic mass is 35.5. The average molecular weight is 465 g/mol. The van der Waals surface area contributed by atoms with Crippen LogP contribution in [0, 0.1) is 5.82 Å². The molecule has 1 unspecified atom stereocenters. The van der Waals surface area contributed by atoms with Crippen LogP contribution in [0.15, 0.2) is 30.3 Å². The highest BCUT2D eigenvalue weighted by Gasteiger charge is 2.31. The fourth-order valence-electron chi connectivity index (χ4n) is 4.06. The molecule has 5 nitrogen and oxygen atoms in total. The molecular weight excluding hydrogens is 439 g/mol. The molecule has 2 aromatic carbocycles. The second kappa shape index (κ2) is 9.67. The van der Waals surface area contributed by atoms with Crippen LogP contribution in [0.2, 0.25) is 5.02 Å². The van der Waals surface area contributed by atoms with Crippen molar-refractivity contribution in [2.45, 2.75) is 44.2 Å². The number of carbonyl (C=O) groups excluding carboxylic acids is 1. The number of hydrogen-bond donors (Lipinski definition) is 2. The molecule has 0 aromatic heterocycles. The normalized spacial score (nSPS) is 19.3. The Bertz CT molecular complexity index is 970. The van der Waals surface area contributed by atoms with Crippen LogP contribution >= 0.6 is 23.5 Å². The number of benzene rings is 2. The first-order valence-electron chi connectivity index (χ1n) is 10.5. The van der Waals surface area contributed by atoms with E-state index in [0.29, 0.717) is 29.8 Å². The summed E-state index contributed by atoms with van der Waals surface area (Å²) in [7, 11) is 0. The molecule has 1 aliphatic heterocycles. The summed E-state index contributed by atoms with van der Waals surface area (Å²) in [5, 5.41) is 10.7. The fraction of sp³-hybridized carbons (Fsp3) is 0.435. The minimum Gasteiger partial charge on any atom is -0.508 e. The fourth-order valence-corrected chi connectivity index (χ4v) is 4.55. The lowest BCUT2D eigenvalue weighted by molar-refractivity contribution is 0.0828. The summed E-state index contributed by atoms with van der Waals surface area (Å²) in [4.78, 5) is 14.4. The Morgan fingerprint density at radius 3 is 2.87 bits per heavy atom. The van der Waals surface area contributed by atoms with Crippen molar-refractivity contribution in [2.75, 3.05) is 19.3 Å². The van der Waals surface area contributed by atoms with E-state index < -0.39 is 11.7 Å². The molecule has 1 saturated carbocycles. The van der Waals surface area contributed by atoms with Gasteiger partial charge in [-0.05, 0) is 68.0 Å². The molecule has 1 atom stereocenters. The lowest BCUT2D eigenvalue weighted by Crippen LogP contribution is -2.40. The molecule has 166 valence electrons. The minimum absolute atomic E-state index is 0.0605. The van der Waals surface area contributed by atoms with Gasteiger partial charge < -0.3 is 9.84 Å². The van der Waals surface area contributed by atoms with Crippen molar-refractivity contribution in [1.82, 2.24) is 9.62 Å². The maximum absolute atomic E-state index is 14.7. The summed E-state index contributed by atoms with van der Waals surface area (Å²) >= 11 is 7.22. The van der Waals surface area contributed by atoms with E-state index in [1.165, 1.54) is 6.07 Å². The Balaban J connectivity index is 1.48. The Kier molecular flexibility index (Phi) is 6.94. The standard InChI is InChI=1S/C23H26ClFN2O3S/c1-31-26-23(29)19-10-18(14-4-5-14)22(11-20(19)25)30-17-3-2-8-27(13-17)12-15-9-16(24)6-7-21(15)28/h6-7,9-11,14,17,28H,2-5,8,12-13H2,1H3,(H,26,29). The van der Waals surface area contributed by atoms with Crippen molar-refractivity contribution in [1.29, 1.82) is 0 Å². The minimum atomic E-state index is -0.567. The van der Waals surface area contributed by atoms with Crippen LogP contribution in [0.5, 0.6) is 11.5 Å². The molecule has 1 heterocycles. The molecule has 4 rings (SSSR count). The molecule has 2 aromatic rings. The van der Waals surface area contributed by atoms with Crippen LogP contribution in [0.1, 0.15) is 53.1 Å². The molecular formula is C23H26ClFN2O3S. The lowest BCUT2D eigenvalue weighted by Gasteiger charge is -2.33. The summed E-state index contributed by atoms with van der Waals surface area (Å²) in [6, 6.07) is 8.07. The second-order valence-electron chi connectivity index (χ2n) is 8.17. The van der Waals surface area contributed by atoms with E-state index in [2.05, 4.69) is 9.62 Å². The zero-order chi connectivity index (χ0) is 22.0. The van der Waals surface area contributed by atoms with Gasteiger partial charge >= 0.3 is 0 Å². The molecule has 31 heavy (non-hydrogen) atoms. The van der Waals surface area contributed by atoms with E-state index in [4.69, 9.17) is 16.3 Å². The molecule has 2 aliphatic rings. The van der Waals surface area contributed by atoms with Crippen molar-refractivity contribution in [3.05, 3.63) is 57.9 Å². The molecule has 8 heteroatoms. The highest BCUT2D eigenvalue weighted by molar-refractivity contribution is 7.97. The summed E-state index contributed by atoms with van der Waals surface area (Å²) in [6.07, 6.45) is 5.51. The van der Waals surface area contributed by atoms with E-state index in [0.717, 1.165) is 55.3 Å². The van der Waals surface area contributed by atoms with Gasteiger partial charge in [0, 0.05) is 36.0 Å². The number of rotatable bonds is 7. The van der Waals surface area contributed by atoms with Gasteiger partial charge in [0.1, 0.15) is 23.4 Å². The maximum Gasteiger partial charge on any atom is 0.264 e. The number of phenolic OH excluding ortho intramolecular Hbond substituents is 1. The molecule has 0 radical (unpaired) electrons. The first kappa shape index (κ1) is 22.2. The number of hydrogen-bond acceptors (Lipinski definition) is 5. The van der Waals surface area contributed by atoms with Crippen molar-refractivity contribution in [3.63, 3.8) is 0 Å². The SMILES string of the molecule is CSNC(=O)c1cc(C2CC2)c(OC2CCCN(Cc3cc(Cl)ccc3O)C2)cc1F. The number of ether oxygens (including phenoxy) is 1. The number of piperidine rings is 1. The molecule has 1 saturated heterocycles. The maximum atomic E-state index is 14.7. The molecule has 1 aliphatic carbocycles. The van der Waals surface area contributed by atoms with E-state index in [1.807, 2.05) is 0 Å². The van der Waals surface area contributed by atoms with E-state index in [9.17, 15) is 14.3 Å². The summed E-state index contributed by atoms with van der Waals surface area (Å²) in [6.45, 7) is 2.14. The molecule has 0 bridgehead atoms. The number of carbonyl (C=O) groups is 1.